The summed E-state index contributed by atoms with van der Waals surface area (Å²) in [4.78, 5) is 2.34. The van der Waals surface area contributed by atoms with Crippen LogP contribution in [-0.4, -0.2) is 31.1 Å². The molecule has 120 valence electrons. The van der Waals surface area contributed by atoms with Gasteiger partial charge in [0.25, 0.3) is 0 Å². The van der Waals surface area contributed by atoms with Crippen LogP contribution in [0.3, 0.4) is 0 Å². The number of nitrogens with zero attached hydrogens (tertiary/aromatic N) is 1. The molecule has 4 heteroatoms. The number of halogens is 2. The van der Waals surface area contributed by atoms with Gasteiger partial charge in [0.05, 0.1) is 16.1 Å². The van der Waals surface area contributed by atoms with Crippen LogP contribution in [0.2, 0.25) is 10.0 Å². The van der Waals surface area contributed by atoms with Crippen LogP contribution in [0.15, 0.2) is 18.2 Å². The fourth-order valence-electron chi connectivity index (χ4n) is 3.15. The van der Waals surface area contributed by atoms with E-state index in [1.54, 1.807) is 0 Å². The lowest BCUT2D eigenvalue weighted by atomic mass is 9.79. The van der Waals surface area contributed by atoms with Crippen molar-refractivity contribution in [2.24, 2.45) is 0 Å². The number of benzene rings is 1. The summed E-state index contributed by atoms with van der Waals surface area (Å²) >= 11 is 12.3. The molecule has 1 atom stereocenters. The van der Waals surface area contributed by atoms with Crippen molar-refractivity contribution in [2.45, 2.75) is 51.6 Å². The molecule has 0 saturated carbocycles. The molecule has 0 amide bonds. The summed E-state index contributed by atoms with van der Waals surface area (Å²) < 4.78 is 0. The van der Waals surface area contributed by atoms with Gasteiger partial charge in [-0.25, -0.2) is 0 Å². The van der Waals surface area contributed by atoms with E-state index < -0.39 is 0 Å². The van der Waals surface area contributed by atoms with E-state index in [4.69, 9.17) is 23.2 Å². The normalized spacial score (nSPS) is 13.7. The average molecular weight is 331 g/mol. The molecule has 0 spiro atoms. The molecular formula is C17H28Cl2N2. The van der Waals surface area contributed by atoms with Crippen LogP contribution in [0.5, 0.6) is 0 Å². The van der Waals surface area contributed by atoms with E-state index in [2.05, 4.69) is 51.1 Å². The predicted octanol–water partition coefficient (Wildman–Crippen LogP) is 5.15. The molecule has 0 aromatic heterocycles. The molecule has 0 bridgehead atoms. The Kier molecular flexibility index (Phi) is 7.49. The fourth-order valence-corrected chi connectivity index (χ4v) is 3.45. The maximum Gasteiger partial charge on any atom is 0.0595 e. The highest BCUT2D eigenvalue weighted by atomic mass is 35.5. The van der Waals surface area contributed by atoms with E-state index in [1.807, 2.05) is 12.1 Å². The van der Waals surface area contributed by atoms with Gasteiger partial charge < -0.3 is 10.2 Å². The van der Waals surface area contributed by atoms with Gasteiger partial charge in [-0.05, 0) is 57.6 Å². The van der Waals surface area contributed by atoms with Crippen LogP contribution in [0, 0.1) is 0 Å². The molecule has 0 saturated heterocycles. The molecular weight excluding hydrogens is 303 g/mol. The summed E-state index contributed by atoms with van der Waals surface area (Å²) in [6, 6.07) is 6.22. The van der Waals surface area contributed by atoms with Gasteiger partial charge in [-0.3, -0.25) is 0 Å². The Bertz CT molecular complexity index is 442. The number of hydrogen-bond donors (Lipinski definition) is 1. The largest absolute Gasteiger partial charge is 0.308 e. The third kappa shape index (κ3) is 4.13. The summed E-state index contributed by atoms with van der Waals surface area (Å²) in [5.41, 5.74) is 1.27. The van der Waals surface area contributed by atoms with E-state index in [-0.39, 0.29) is 11.6 Å². The van der Waals surface area contributed by atoms with Gasteiger partial charge in [-0.15, -0.1) is 0 Å². The molecule has 0 aliphatic carbocycles. The van der Waals surface area contributed by atoms with E-state index in [9.17, 15) is 0 Å². The Morgan fingerprint density at radius 1 is 1.10 bits per heavy atom. The van der Waals surface area contributed by atoms with E-state index in [0.29, 0.717) is 10.0 Å². The predicted molar refractivity (Wildman–Crippen MR) is 94.5 cm³/mol. The van der Waals surface area contributed by atoms with Crippen molar-refractivity contribution in [3.63, 3.8) is 0 Å². The molecule has 1 aromatic rings. The van der Waals surface area contributed by atoms with Crippen LogP contribution in [0.1, 0.15) is 51.6 Å². The Morgan fingerprint density at radius 2 is 1.71 bits per heavy atom. The lowest BCUT2D eigenvalue weighted by Crippen LogP contribution is -2.53. The first kappa shape index (κ1) is 18.8. The monoisotopic (exact) mass is 330 g/mol. The minimum atomic E-state index is 0.0618. The highest BCUT2D eigenvalue weighted by Crippen LogP contribution is 2.37. The number of nitrogens with one attached hydrogen (secondary N) is 1. The van der Waals surface area contributed by atoms with Crippen molar-refractivity contribution >= 4 is 23.2 Å². The third-order valence-corrected chi connectivity index (χ3v) is 5.27. The molecule has 1 N–H and O–H groups in total. The second kappa shape index (κ2) is 8.38. The molecule has 0 fully saturated rings. The van der Waals surface area contributed by atoms with Crippen molar-refractivity contribution in [1.29, 1.82) is 0 Å². The van der Waals surface area contributed by atoms with Crippen LogP contribution in [0.4, 0.5) is 0 Å². The van der Waals surface area contributed by atoms with Crippen LogP contribution in [0.25, 0.3) is 0 Å². The molecule has 2 nitrogen and oxygen atoms in total. The van der Waals surface area contributed by atoms with Gasteiger partial charge in [0.1, 0.15) is 0 Å². The maximum absolute atomic E-state index is 6.23. The maximum atomic E-state index is 6.23. The Balaban J connectivity index is 3.28. The van der Waals surface area contributed by atoms with Crippen molar-refractivity contribution in [3.05, 3.63) is 33.8 Å². The van der Waals surface area contributed by atoms with E-state index in [0.717, 1.165) is 25.8 Å². The quantitative estimate of drug-likeness (QED) is 0.708. The lowest BCUT2D eigenvalue weighted by Gasteiger charge is -2.46. The molecule has 0 aliphatic heterocycles. The highest BCUT2D eigenvalue weighted by molar-refractivity contribution is 6.42. The second-order valence-electron chi connectivity index (χ2n) is 5.77. The van der Waals surface area contributed by atoms with E-state index >= 15 is 0 Å². The summed E-state index contributed by atoms with van der Waals surface area (Å²) in [7, 11) is 4.32. The van der Waals surface area contributed by atoms with Crippen LogP contribution in [-0.2, 0) is 0 Å². The zero-order valence-corrected chi connectivity index (χ0v) is 15.4. The molecule has 0 radical (unpaired) electrons. The lowest BCUT2D eigenvalue weighted by molar-refractivity contribution is 0.0881. The van der Waals surface area contributed by atoms with Gasteiger partial charge >= 0.3 is 0 Å². The minimum absolute atomic E-state index is 0.0618. The number of hydrogen-bond acceptors (Lipinski definition) is 2. The number of likely N-dealkylation sites (N-methyl/N-ethyl adjacent to an activating group) is 1. The fraction of sp³-hybridized carbons (Fsp3) is 0.647. The van der Waals surface area contributed by atoms with Crippen LogP contribution >= 0.6 is 23.2 Å². The minimum Gasteiger partial charge on any atom is -0.308 e. The molecule has 1 rings (SSSR count). The smallest absolute Gasteiger partial charge is 0.0595 e. The topological polar surface area (TPSA) is 15.3 Å². The zero-order chi connectivity index (χ0) is 16.0. The Hall–Kier alpha value is -0.280. The van der Waals surface area contributed by atoms with Gasteiger partial charge in [-0.2, -0.15) is 0 Å². The summed E-state index contributed by atoms with van der Waals surface area (Å²) in [6.45, 7) is 7.68. The van der Waals surface area contributed by atoms with Crippen molar-refractivity contribution < 1.29 is 0 Å². The standard InChI is InChI=1S/C17H28Cl2N2/c1-6-11-20-16(17(7-2,8-3)21(4)5)13-9-10-14(18)15(19)12-13/h9-10,12,16,20H,6-8,11H2,1-5H3. The van der Waals surface area contributed by atoms with Crippen molar-refractivity contribution in [3.8, 4) is 0 Å². The van der Waals surface area contributed by atoms with Crippen molar-refractivity contribution in [1.82, 2.24) is 10.2 Å². The first-order valence-electron chi connectivity index (χ1n) is 7.78. The Labute approximate surface area is 139 Å². The van der Waals surface area contributed by atoms with Crippen molar-refractivity contribution in [2.75, 3.05) is 20.6 Å². The summed E-state index contributed by atoms with van der Waals surface area (Å²) in [6.07, 6.45) is 3.24. The zero-order valence-electron chi connectivity index (χ0n) is 13.8. The summed E-state index contributed by atoms with van der Waals surface area (Å²) in [5.74, 6) is 0. The highest BCUT2D eigenvalue weighted by Gasteiger charge is 2.38. The molecule has 1 unspecified atom stereocenters. The van der Waals surface area contributed by atoms with Gasteiger partial charge in [0.2, 0.25) is 0 Å². The first-order valence-corrected chi connectivity index (χ1v) is 8.54. The van der Waals surface area contributed by atoms with Crippen LogP contribution < -0.4 is 5.32 Å². The molecule has 1 aromatic carbocycles. The van der Waals surface area contributed by atoms with Gasteiger partial charge in [0, 0.05) is 5.54 Å². The van der Waals surface area contributed by atoms with E-state index in [1.165, 1.54) is 5.56 Å². The second-order valence-corrected chi connectivity index (χ2v) is 6.58. The molecule has 0 heterocycles. The third-order valence-electron chi connectivity index (χ3n) is 4.53. The Morgan fingerprint density at radius 3 is 2.14 bits per heavy atom. The molecule has 21 heavy (non-hydrogen) atoms. The van der Waals surface area contributed by atoms with Gasteiger partial charge in [0.15, 0.2) is 0 Å². The molecule has 0 aliphatic rings. The average Bonchev–Trinajstić information content (AvgIpc) is 2.46. The SMILES string of the molecule is CCCNC(c1ccc(Cl)c(Cl)c1)C(CC)(CC)N(C)C. The number of rotatable bonds is 8. The van der Waals surface area contributed by atoms with Gasteiger partial charge in [-0.1, -0.05) is 50.0 Å². The first-order chi connectivity index (χ1) is 9.92. The summed E-state index contributed by atoms with van der Waals surface area (Å²) in [5, 5.41) is 4.94.